The average Bonchev–Trinajstić information content (AvgIpc) is 2.34. The summed E-state index contributed by atoms with van der Waals surface area (Å²) < 4.78 is 13.6. The highest BCUT2D eigenvalue weighted by Crippen LogP contribution is 2.22. The minimum Gasteiger partial charge on any atom is -0.299 e. The van der Waals surface area contributed by atoms with Gasteiger partial charge in [0.15, 0.2) is 0 Å². The molecule has 1 atom stereocenters. The maximum atomic E-state index is 13.6. The van der Waals surface area contributed by atoms with Crippen LogP contribution >= 0.6 is 27.5 Å². The molecular weight excluding hydrogens is 305 g/mol. The van der Waals surface area contributed by atoms with Gasteiger partial charge in [0.1, 0.15) is 5.82 Å². The molecule has 1 heterocycles. The first-order valence-corrected chi connectivity index (χ1v) is 7.41. The van der Waals surface area contributed by atoms with Crippen LogP contribution in [0.15, 0.2) is 18.2 Å². The van der Waals surface area contributed by atoms with Crippen LogP contribution in [0.3, 0.4) is 0 Å². The van der Waals surface area contributed by atoms with Crippen LogP contribution in [0, 0.1) is 11.7 Å². The first-order chi connectivity index (χ1) is 8.19. The normalized spacial score (nSPS) is 21.7. The Bertz CT molecular complexity index is 386. The van der Waals surface area contributed by atoms with Gasteiger partial charge in [0.05, 0.1) is 0 Å². The van der Waals surface area contributed by atoms with Crippen molar-refractivity contribution >= 4 is 27.5 Å². The Labute approximate surface area is 115 Å². The third-order valence-electron chi connectivity index (χ3n) is 3.22. The van der Waals surface area contributed by atoms with Gasteiger partial charge in [0.25, 0.3) is 0 Å². The number of hydrogen-bond donors (Lipinski definition) is 0. The Hall–Kier alpha value is -0.120. The van der Waals surface area contributed by atoms with Gasteiger partial charge in [0.2, 0.25) is 0 Å². The molecule has 0 radical (unpaired) electrons. The van der Waals surface area contributed by atoms with Gasteiger partial charge in [-0.3, -0.25) is 4.90 Å². The standard InChI is InChI=1S/C13H16BrClFN/c14-7-10-2-1-5-17(8-10)9-11-6-12(15)3-4-13(11)16/h3-4,6,10H,1-2,5,7-9H2. The molecular formula is C13H16BrClFN. The van der Waals surface area contributed by atoms with Crippen LogP contribution < -0.4 is 0 Å². The molecule has 0 spiro atoms. The number of benzene rings is 1. The van der Waals surface area contributed by atoms with E-state index in [0.717, 1.165) is 18.4 Å². The van der Waals surface area contributed by atoms with E-state index in [9.17, 15) is 4.39 Å². The molecule has 0 saturated carbocycles. The molecule has 1 unspecified atom stereocenters. The molecule has 1 aromatic carbocycles. The van der Waals surface area contributed by atoms with E-state index in [0.29, 0.717) is 23.0 Å². The van der Waals surface area contributed by atoms with Gasteiger partial charge in [-0.2, -0.15) is 0 Å². The number of piperidine rings is 1. The number of alkyl halides is 1. The quantitative estimate of drug-likeness (QED) is 0.758. The Kier molecular flexibility index (Phi) is 4.83. The van der Waals surface area contributed by atoms with Crippen molar-refractivity contribution < 1.29 is 4.39 Å². The highest BCUT2D eigenvalue weighted by Gasteiger charge is 2.19. The summed E-state index contributed by atoms with van der Waals surface area (Å²) in [5, 5.41) is 1.64. The van der Waals surface area contributed by atoms with Gasteiger partial charge in [-0.15, -0.1) is 0 Å². The molecule has 17 heavy (non-hydrogen) atoms. The Morgan fingerprint density at radius 2 is 2.29 bits per heavy atom. The van der Waals surface area contributed by atoms with Gasteiger partial charge in [-0.1, -0.05) is 27.5 Å². The second-order valence-corrected chi connectivity index (χ2v) is 5.72. The van der Waals surface area contributed by atoms with Crippen LogP contribution in [0.2, 0.25) is 5.02 Å². The average molecular weight is 321 g/mol. The van der Waals surface area contributed by atoms with Crippen molar-refractivity contribution in [1.29, 1.82) is 0 Å². The van der Waals surface area contributed by atoms with Crippen molar-refractivity contribution in [3.8, 4) is 0 Å². The summed E-state index contributed by atoms with van der Waals surface area (Å²) in [6.07, 6.45) is 2.46. The van der Waals surface area contributed by atoms with E-state index in [-0.39, 0.29) is 5.82 Å². The first-order valence-electron chi connectivity index (χ1n) is 5.91. The van der Waals surface area contributed by atoms with Crippen molar-refractivity contribution in [3.05, 3.63) is 34.6 Å². The molecule has 1 fully saturated rings. The lowest BCUT2D eigenvalue weighted by Crippen LogP contribution is -2.35. The van der Waals surface area contributed by atoms with E-state index >= 15 is 0 Å². The van der Waals surface area contributed by atoms with Gasteiger partial charge in [-0.25, -0.2) is 4.39 Å². The summed E-state index contributed by atoms with van der Waals surface area (Å²) >= 11 is 9.43. The predicted molar refractivity (Wildman–Crippen MR) is 73.2 cm³/mol. The molecule has 1 aliphatic rings. The molecule has 1 nitrogen and oxygen atoms in total. The second-order valence-electron chi connectivity index (χ2n) is 4.63. The summed E-state index contributed by atoms with van der Waals surface area (Å²) in [5.41, 5.74) is 0.702. The van der Waals surface area contributed by atoms with Crippen LogP contribution in [-0.2, 0) is 6.54 Å². The molecule has 1 aliphatic heterocycles. The first kappa shape index (κ1) is 13.3. The third kappa shape index (κ3) is 3.67. The lowest BCUT2D eigenvalue weighted by Gasteiger charge is -2.31. The van der Waals surface area contributed by atoms with Crippen molar-refractivity contribution in [2.24, 2.45) is 5.92 Å². The van der Waals surface area contributed by atoms with E-state index in [2.05, 4.69) is 20.8 Å². The Morgan fingerprint density at radius 1 is 1.47 bits per heavy atom. The highest BCUT2D eigenvalue weighted by atomic mass is 79.9. The summed E-state index contributed by atoms with van der Waals surface area (Å²) in [7, 11) is 0. The zero-order valence-electron chi connectivity index (χ0n) is 9.63. The maximum Gasteiger partial charge on any atom is 0.127 e. The van der Waals surface area contributed by atoms with Crippen molar-refractivity contribution in [3.63, 3.8) is 0 Å². The maximum absolute atomic E-state index is 13.6. The minimum atomic E-state index is -0.157. The molecule has 0 aliphatic carbocycles. The summed E-state index contributed by atoms with van der Waals surface area (Å²) in [6.45, 7) is 2.75. The molecule has 94 valence electrons. The van der Waals surface area contributed by atoms with Gasteiger partial charge >= 0.3 is 0 Å². The fraction of sp³-hybridized carbons (Fsp3) is 0.538. The number of hydrogen-bond acceptors (Lipinski definition) is 1. The van der Waals surface area contributed by atoms with Crippen LogP contribution in [0.1, 0.15) is 18.4 Å². The third-order valence-corrected chi connectivity index (χ3v) is 4.37. The SMILES string of the molecule is Fc1ccc(Cl)cc1CN1CCCC(CBr)C1. The smallest absolute Gasteiger partial charge is 0.127 e. The van der Waals surface area contributed by atoms with E-state index in [1.165, 1.54) is 18.9 Å². The summed E-state index contributed by atoms with van der Waals surface area (Å²) in [6, 6.07) is 4.77. The zero-order chi connectivity index (χ0) is 12.3. The van der Waals surface area contributed by atoms with Gasteiger partial charge in [0, 0.05) is 29.0 Å². The fourth-order valence-corrected chi connectivity index (χ4v) is 3.05. The Morgan fingerprint density at radius 3 is 3.06 bits per heavy atom. The monoisotopic (exact) mass is 319 g/mol. The fourth-order valence-electron chi connectivity index (χ4n) is 2.33. The molecule has 0 amide bonds. The summed E-state index contributed by atoms with van der Waals surface area (Å²) in [4.78, 5) is 2.31. The van der Waals surface area contributed by atoms with E-state index in [1.54, 1.807) is 12.1 Å². The van der Waals surface area contributed by atoms with Gasteiger partial charge in [-0.05, 0) is 43.5 Å². The zero-order valence-corrected chi connectivity index (χ0v) is 12.0. The molecule has 0 bridgehead atoms. The lowest BCUT2D eigenvalue weighted by atomic mass is 9.99. The minimum absolute atomic E-state index is 0.157. The van der Waals surface area contributed by atoms with Gasteiger partial charge < -0.3 is 0 Å². The van der Waals surface area contributed by atoms with Crippen molar-refractivity contribution in [2.45, 2.75) is 19.4 Å². The van der Waals surface area contributed by atoms with Crippen molar-refractivity contribution in [1.82, 2.24) is 4.90 Å². The second kappa shape index (κ2) is 6.17. The number of likely N-dealkylation sites (tertiary alicyclic amines) is 1. The van der Waals surface area contributed by atoms with Crippen LogP contribution in [-0.4, -0.2) is 23.3 Å². The molecule has 1 aromatic rings. The number of halogens is 3. The topological polar surface area (TPSA) is 3.24 Å². The molecule has 4 heteroatoms. The van der Waals surface area contributed by atoms with Crippen LogP contribution in [0.5, 0.6) is 0 Å². The van der Waals surface area contributed by atoms with E-state index < -0.39 is 0 Å². The van der Waals surface area contributed by atoms with Crippen molar-refractivity contribution in [2.75, 3.05) is 18.4 Å². The van der Waals surface area contributed by atoms with Crippen LogP contribution in [0.25, 0.3) is 0 Å². The predicted octanol–water partition coefficient (Wildman–Crippen LogP) is 4.09. The largest absolute Gasteiger partial charge is 0.299 e. The highest BCUT2D eigenvalue weighted by molar-refractivity contribution is 9.09. The lowest BCUT2D eigenvalue weighted by molar-refractivity contribution is 0.177. The number of nitrogens with zero attached hydrogens (tertiary/aromatic N) is 1. The molecule has 0 N–H and O–H groups in total. The van der Waals surface area contributed by atoms with E-state index in [4.69, 9.17) is 11.6 Å². The van der Waals surface area contributed by atoms with Crippen LogP contribution in [0.4, 0.5) is 4.39 Å². The number of rotatable bonds is 3. The Balaban J connectivity index is 2.02. The molecule has 2 rings (SSSR count). The molecule has 1 saturated heterocycles. The summed E-state index contributed by atoms with van der Waals surface area (Å²) in [5.74, 6) is 0.529. The van der Waals surface area contributed by atoms with E-state index in [1.807, 2.05) is 0 Å². The molecule has 0 aromatic heterocycles.